The lowest BCUT2D eigenvalue weighted by Crippen LogP contribution is -2.44. The number of nitrogens with one attached hydrogen (secondary N) is 1. The van der Waals surface area contributed by atoms with Crippen LogP contribution in [0.5, 0.6) is 0 Å². The zero-order chi connectivity index (χ0) is 13.4. The first kappa shape index (κ1) is 13.3. The van der Waals surface area contributed by atoms with Crippen LogP contribution in [0.25, 0.3) is 0 Å². The first-order valence-corrected chi connectivity index (χ1v) is 6.51. The highest BCUT2D eigenvalue weighted by Gasteiger charge is 2.31. The van der Waals surface area contributed by atoms with Gasteiger partial charge in [0.05, 0.1) is 0 Å². The normalized spacial score (nSPS) is 28.3. The van der Waals surface area contributed by atoms with Crippen LogP contribution in [0.3, 0.4) is 0 Å². The second kappa shape index (κ2) is 4.88. The molecule has 0 aliphatic heterocycles. The maximum absolute atomic E-state index is 13.5. The second-order valence-electron chi connectivity index (χ2n) is 5.07. The molecule has 3 unspecified atom stereocenters. The summed E-state index contributed by atoms with van der Waals surface area (Å²) in [5.74, 6) is -0.506. The number of nitrogens with zero attached hydrogens (tertiary/aromatic N) is 1. The summed E-state index contributed by atoms with van der Waals surface area (Å²) >= 11 is 5.45. The van der Waals surface area contributed by atoms with Crippen LogP contribution in [0.15, 0.2) is 9.59 Å². The molecule has 1 fully saturated rings. The summed E-state index contributed by atoms with van der Waals surface area (Å²) in [6.45, 7) is 4.08. The van der Waals surface area contributed by atoms with Gasteiger partial charge in [-0.15, -0.1) is 0 Å². The molecule has 3 atom stereocenters. The predicted molar refractivity (Wildman–Crippen MR) is 67.5 cm³/mol. The van der Waals surface area contributed by atoms with E-state index in [1.54, 1.807) is 0 Å². The van der Waals surface area contributed by atoms with Crippen LogP contribution >= 0.6 is 11.6 Å². The molecular weight excluding hydrogens is 259 g/mol. The van der Waals surface area contributed by atoms with E-state index in [4.69, 9.17) is 11.6 Å². The lowest BCUT2D eigenvalue weighted by Gasteiger charge is -2.34. The van der Waals surface area contributed by atoms with E-state index in [0.717, 1.165) is 23.8 Å². The third-order valence-electron chi connectivity index (χ3n) is 4.03. The van der Waals surface area contributed by atoms with Gasteiger partial charge >= 0.3 is 5.69 Å². The minimum absolute atomic E-state index is 0.165. The molecule has 0 bridgehead atoms. The van der Waals surface area contributed by atoms with Gasteiger partial charge in [-0.25, -0.2) is 4.79 Å². The molecule has 6 heteroatoms. The number of hydrogen-bond donors (Lipinski definition) is 1. The van der Waals surface area contributed by atoms with E-state index in [9.17, 15) is 14.0 Å². The number of hydrogen-bond acceptors (Lipinski definition) is 2. The van der Waals surface area contributed by atoms with E-state index >= 15 is 0 Å². The van der Waals surface area contributed by atoms with Crippen LogP contribution in [0.2, 0.25) is 5.15 Å². The molecule has 1 aliphatic carbocycles. The Morgan fingerprint density at radius 1 is 1.33 bits per heavy atom. The van der Waals surface area contributed by atoms with Crippen LogP contribution in [-0.2, 0) is 0 Å². The van der Waals surface area contributed by atoms with Crippen LogP contribution in [0, 0.1) is 17.7 Å². The zero-order valence-corrected chi connectivity index (χ0v) is 11.1. The average molecular weight is 275 g/mol. The average Bonchev–Trinajstić information content (AvgIpc) is 2.32. The van der Waals surface area contributed by atoms with Gasteiger partial charge in [-0.3, -0.25) is 14.3 Å². The summed E-state index contributed by atoms with van der Waals surface area (Å²) in [4.78, 5) is 25.8. The van der Waals surface area contributed by atoms with E-state index in [0.29, 0.717) is 5.92 Å². The molecule has 0 radical (unpaired) electrons. The van der Waals surface area contributed by atoms with Crippen LogP contribution in [0.4, 0.5) is 4.39 Å². The van der Waals surface area contributed by atoms with Crippen molar-refractivity contribution in [3.63, 3.8) is 0 Å². The van der Waals surface area contributed by atoms with E-state index in [1.165, 1.54) is 0 Å². The van der Waals surface area contributed by atoms with E-state index in [-0.39, 0.29) is 12.0 Å². The third-order valence-corrected chi connectivity index (χ3v) is 4.29. The quantitative estimate of drug-likeness (QED) is 0.799. The van der Waals surface area contributed by atoms with Gasteiger partial charge in [0.25, 0.3) is 5.56 Å². The molecule has 1 aromatic rings. The molecule has 0 aromatic carbocycles. The Morgan fingerprint density at radius 3 is 2.67 bits per heavy atom. The fourth-order valence-electron chi connectivity index (χ4n) is 2.72. The lowest BCUT2D eigenvalue weighted by molar-refractivity contribution is 0.176. The Hall–Kier alpha value is -1.10. The highest BCUT2D eigenvalue weighted by molar-refractivity contribution is 6.29. The topological polar surface area (TPSA) is 54.9 Å². The Kier molecular flexibility index (Phi) is 3.61. The van der Waals surface area contributed by atoms with Gasteiger partial charge in [0.15, 0.2) is 5.15 Å². The number of aromatic amines is 1. The minimum Gasteiger partial charge on any atom is -0.295 e. The van der Waals surface area contributed by atoms with Gasteiger partial charge in [-0.05, 0) is 18.3 Å². The van der Waals surface area contributed by atoms with Crippen molar-refractivity contribution < 1.29 is 4.39 Å². The van der Waals surface area contributed by atoms with Crippen molar-refractivity contribution >= 4 is 11.6 Å². The Labute approximate surface area is 109 Å². The summed E-state index contributed by atoms with van der Waals surface area (Å²) in [5, 5.41) is -0.516. The molecule has 1 aromatic heterocycles. The summed E-state index contributed by atoms with van der Waals surface area (Å²) in [6, 6.07) is -0.253. The Balaban J connectivity index is 2.55. The molecule has 4 nitrogen and oxygen atoms in total. The first-order valence-electron chi connectivity index (χ1n) is 6.13. The maximum atomic E-state index is 13.5. The number of aromatic nitrogens is 2. The highest BCUT2D eigenvalue weighted by Crippen LogP contribution is 2.36. The van der Waals surface area contributed by atoms with Crippen LogP contribution in [-0.4, -0.2) is 9.55 Å². The molecule has 18 heavy (non-hydrogen) atoms. The molecule has 0 amide bonds. The molecule has 100 valence electrons. The van der Waals surface area contributed by atoms with Crippen LogP contribution in [0.1, 0.15) is 39.2 Å². The molecule has 1 aliphatic rings. The van der Waals surface area contributed by atoms with Crippen molar-refractivity contribution in [2.45, 2.75) is 39.2 Å². The molecule has 0 saturated heterocycles. The first-order chi connectivity index (χ1) is 8.43. The Bertz CT molecular complexity index is 566. The fraction of sp³-hybridized carbons (Fsp3) is 0.667. The van der Waals surface area contributed by atoms with Crippen molar-refractivity contribution in [1.29, 1.82) is 0 Å². The maximum Gasteiger partial charge on any atom is 0.329 e. The van der Waals surface area contributed by atoms with Gasteiger partial charge in [0.1, 0.15) is 0 Å². The largest absolute Gasteiger partial charge is 0.329 e. The fourth-order valence-corrected chi connectivity index (χ4v) is 2.88. The number of H-pyrrole nitrogens is 1. The van der Waals surface area contributed by atoms with E-state index < -0.39 is 22.2 Å². The van der Waals surface area contributed by atoms with Gasteiger partial charge in [-0.2, -0.15) is 4.39 Å². The third kappa shape index (κ3) is 2.11. The van der Waals surface area contributed by atoms with E-state index in [1.807, 2.05) is 6.92 Å². The van der Waals surface area contributed by atoms with E-state index in [2.05, 4.69) is 11.9 Å². The zero-order valence-electron chi connectivity index (χ0n) is 10.4. The molecular formula is C12H16ClFN2O2. The monoisotopic (exact) mass is 274 g/mol. The summed E-state index contributed by atoms with van der Waals surface area (Å²) in [7, 11) is 0. The summed E-state index contributed by atoms with van der Waals surface area (Å²) in [5.41, 5.74) is -1.55. The van der Waals surface area contributed by atoms with Crippen molar-refractivity contribution in [3.05, 3.63) is 31.8 Å². The number of rotatable bonds is 1. The number of halogens is 2. The van der Waals surface area contributed by atoms with Crippen molar-refractivity contribution in [1.82, 2.24) is 9.55 Å². The smallest absolute Gasteiger partial charge is 0.295 e. The molecule has 2 rings (SSSR count). The van der Waals surface area contributed by atoms with Crippen molar-refractivity contribution in [2.75, 3.05) is 0 Å². The summed E-state index contributed by atoms with van der Waals surface area (Å²) < 4.78 is 14.5. The highest BCUT2D eigenvalue weighted by atomic mass is 35.5. The van der Waals surface area contributed by atoms with Gasteiger partial charge in [-0.1, -0.05) is 38.3 Å². The standard InChI is InChI=1S/C12H16ClFN2O2/c1-6-4-3-5-8(7(6)2)16-11(17)9(14)10(13)15-12(16)18/h6-8H,3-5H2,1-2H3,(H,15,18). The van der Waals surface area contributed by atoms with Crippen LogP contribution < -0.4 is 11.2 Å². The van der Waals surface area contributed by atoms with Crippen molar-refractivity contribution in [3.8, 4) is 0 Å². The molecule has 1 N–H and O–H groups in total. The molecule has 0 spiro atoms. The Morgan fingerprint density at radius 2 is 2.00 bits per heavy atom. The predicted octanol–water partition coefficient (Wildman–Crippen LogP) is 2.33. The summed E-state index contributed by atoms with van der Waals surface area (Å²) in [6.07, 6.45) is 2.72. The second-order valence-corrected chi connectivity index (χ2v) is 5.45. The minimum atomic E-state index is -1.08. The van der Waals surface area contributed by atoms with Crippen molar-refractivity contribution in [2.24, 2.45) is 11.8 Å². The SMILES string of the molecule is CC1CCCC(n2c(=O)[nH]c(Cl)c(F)c2=O)C1C. The molecule has 1 saturated carbocycles. The van der Waals surface area contributed by atoms with Gasteiger partial charge < -0.3 is 0 Å². The molecule has 1 heterocycles. The lowest BCUT2D eigenvalue weighted by atomic mass is 9.78. The van der Waals surface area contributed by atoms with Gasteiger partial charge in [0.2, 0.25) is 5.82 Å². The van der Waals surface area contributed by atoms with Gasteiger partial charge in [0, 0.05) is 6.04 Å².